The molecule has 98 valence electrons. The van der Waals surface area contributed by atoms with Crippen LogP contribution in [-0.2, 0) is 4.79 Å². The minimum atomic E-state index is -1.07. The van der Waals surface area contributed by atoms with Crippen LogP contribution in [0.1, 0.15) is 11.7 Å². The molecule has 4 heteroatoms. The van der Waals surface area contributed by atoms with Crippen LogP contribution in [0.3, 0.4) is 0 Å². The number of aldehydes is 1. The number of hydrogen-bond donors (Lipinski definition) is 1. The molecule has 0 spiro atoms. The Hall–Kier alpha value is -1.78. The van der Waals surface area contributed by atoms with E-state index in [4.69, 9.17) is 4.74 Å². The summed E-state index contributed by atoms with van der Waals surface area (Å²) >= 11 is 1.68. The molecule has 0 aliphatic carbocycles. The van der Waals surface area contributed by atoms with Crippen LogP contribution < -0.4 is 4.74 Å². The summed E-state index contributed by atoms with van der Waals surface area (Å²) in [6, 6.07) is 14.6. The number of rotatable bonds is 5. The van der Waals surface area contributed by atoms with Gasteiger partial charge >= 0.3 is 0 Å². The van der Waals surface area contributed by atoms with Crippen LogP contribution in [0.15, 0.2) is 53.4 Å². The maximum atomic E-state index is 10.5. The van der Waals surface area contributed by atoms with Crippen LogP contribution in [0.5, 0.6) is 11.5 Å². The van der Waals surface area contributed by atoms with E-state index in [0.717, 1.165) is 5.75 Å². The van der Waals surface area contributed by atoms with E-state index in [1.807, 2.05) is 30.5 Å². The van der Waals surface area contributed by atoms with Gasteiger partial charge in [0.25, 0.3) is 0 Å². The van der Waals surface area contributed by atoms with Crippen molar-refractivity contribution >= 4 is 18.0 Å². The Bertz CT molecular complexity index is 534. The van der Waals surface area contributed by atoms with Gasteiger partial charge < -0.3 is 14.6 Å². The number of hydrogen-bond acceptors (Lipinski definition) is 4. The fraction of sp³-hybridized carbons (Fsp3) is 0.133. The summed E-state index contributed by atoms with van der Waals surface area (Å²) in [4.78, 5) is 11.6. The lowest BCUT2D eigenvalue weighted by molar-refractivity contribution is -0.115. The second-order valence-electron chi connectivity index (χ2n) is 3.93. The number of carbonyl (C=O) groups is 1. The maximum Gasteiger partial charge on any atom is 0.153 e. The number of carbonyl (C=O) groups excluding carboxylic acids is 1. The Labute approximate surface area is 116 Å². The first-order chi connectivity index (χ1) is 9.22. The van der Waals surface area contributed by atoms with E-state index in [9.17, 15) is 9.90 Å². The molecule has 0 aromatic heterocycles. The van der Waals surface area contributed by atoms with Crippen molar-refractivity contribution in [3.8, 4) is 11.5 Å². The van der Waals surface area contributed by atoms with Crippen molar-refractivity contribution in [1.82, 2.24) is 0 Å². The van der Waals surface area contributed by atoms with E-state index in [2.05, 4.69) is 0 Å². The van der Waals surface area contributed by atoms with Crippen LogP contribution in [0, 0.1) is 0 Å². The van der Waals surface area contributed by atoms with Crippen molar-refractivity contribution in [3.05, 3.63) is 54.1 Å². The molecule has 1 N–H and O–H groups in total. The Kier molecular flexibility index (Phi) is 4.60. The third-order valence-electron chi connectivity index (χ3n) is 2.65. The molecular weight excluding hydrogens is 260 g/mol. The standard InChI is InChI=1S/C15H14O3S/c1-19-14-8-6-13(7-9-14)18-12-4-2-11(3-5-12)15(17)10-16/h2-10,15,17H,1H3. The highest BCUT2D eigenvalue weighted by molar-refractivity contribution is 7.98. The van der Waals surface area contributed by atoms with Gasteiger partial charge in [-0.2, -0.15) is 0 Å². The van der Waals surface area contributed by atoms with Gasteiger partial charge in [0.15, 0.2) is 6.29 Å². The predicted octanol–water partition coefficient (Wildman–Crippen LogP) is 3.43. The lowest BCUT2D eigenvalue weighted by Crippen LogP contribution is -1.97. The van der Waals surface area contributed by atoms with Gasteiger partial charge in [-0.1, -0.05) is 12.1 Å². The third kappa shape index (κ3) is 3.59. The molecule has 1 atom stereocenters. The molecule has 2 aromatic carbocycles. The zero-order valence-electron chi connectivity index (χ0n) is 10.4. The van der Waals surface area contributed by atoms with Crippen molar-refractivity contribution in [3.63, 3.8) is 0 Å². The van der Waals surface area contributed by atoms with Gasteiger partial charge in [-0.3, -0.25) is 0 Å². The van der Waals surface area contributed by atoms with Crippen molar-refractivity contribution < 1.29 is 14.6 Å². The van der Waals surface area contributed by atoms with Gasteiger partial charge in [0.05, 0.1) is 0 Å². The summed E-state index contributed by atoms with van der Waals surface area (Å²) in [6.07, 6.45) is 1.44. The largest absolute Gasteiger partial charge is 0.457 e. The second-order valence-corrected chi connectivity index (χ2v) is 4.81. The topological polar surface area (TPSA) is 46.5 Å². The van der Waals surface area contributed by atoms with Crippen molar-refractivity contribution in [1.29, 1.82) is 0 Å². The molecule has 3 nitrogen and oxygen atoms in total. The summed E-state index contributed by atoms with van der Waals surface area (Å²) in [6.45, 7) is 0. The van der Waals surface area contributed by atoms with Gasteiger partial charge in [0.1, 0.15) is 17.6 Å². The molecule has 0 bridgehead atoms. The Morgan fingerprint density at radius 2 is 1.58 bits per heavy atom. The predicted molar refractivity (Wildman–Crippen MR) is 75.8 cm³/mol. The number of aliphatic hydroxyl groups excluding tert-OH is 1. The first-order valence-electron chi connectivity index (χ1n) is 5.78. The summed E-state index contributed by atoms with van der Waals surface area (Å²) in [5.74, 6) is 1.42. The first-order valence-corrected chi connectivity index (χ1v) is 7.00. The smallest absolute Gasteiger partial charge is 0.153 e. The summed E-state index contributed by atoms with van der Waals surface area (Å²) in [5, 5.41) is 9.36. The molecule has 0 aliphatic heterocycles. The molecule has 0 amide bonds. The monoisotopic (exact) mass is 274 g/mol. The van der Waals surface area contributed by atoms with Gasteiger partial charge in [0, 0.05) is 4.90 Å². The van der Waals surface area contributed by atoms with Crippen molar-refractivity contribution in [2.45, 2.75) is 11.0 Å². The molecule has 0 heterocycles. The van der Waals surface area contributed by atoms with Crippen LogP contribution in [0.2, 0.25) is 0 Å². The quantitative estimate of drug-likeness (QED) is 0.670. The van der Waals surface area contributed by atoms with Gasteiger partial charge in [0.2, 0.25) is 0 Å². The van der Waals surface area contributed by atoms with Crippen LogP contribution in [0.4, 0.5) is 0 Å². The summed E-state index contributed by atoms with van der Waals surface area (Å²) < 4.78 is 5.67. The fourth-order valence-electron chi connectivity index (χ4n) is 1.59. The lowest BCUT2D eigenvalue weighted by Gasteiger charge is -2.08. The van der Waals surface area contributed by atoms with Crippen LogP contribution in [-0.4, -0.2) is 17.6 Å². The molecule has 2 aromatic rings. The summed E-state index contributed by atoms with van der Waals surface area (Å²) in [5.41, 5.74) is 0.556. The van der Waals surface area contributed by atoms with E-state index in [1.165, 1.54) is 4.90 Å². The molecule has 0 fully saturated rings. The zero-order chi connectivity index (χ0) is 13.7. The van der Waals surface area contributed by atoms with E-state index < -0.39 is 6.10 Å². The molecule has 1 unspecified atom stereocenters. The molecule has 0 radical (unpaired) electrons. The van der Waals surface area contributed by atoms with Gasteiger partial charge in [-0.25, -0.2) is 0 Å². The average molecular weight is 274 g/mol. The van der Waals surface area contributed by atoms with E-state index in [1.54, 1.807) is 36.0 Å². The van der Waals surface area contributed by atoms with Gasteiger partial charge in [-0.15, -0.1) is 11.8 Å². The third-order valence-corrected chi connectivity index (χ3v) is 3.39. The number of aliphatic hydroxyl groups is 1. The van der Waals surface area contributed by atoms with E-state index in [0.29, 0.717) is 17.6 Å². The molecule has 0 aliphatic rings. The Balaban J connectivity index is 2.08. The molecular formula is C15H14O3S. The number of ether oxygens (including phenoxy) is 1. The minimum Gasteiger partial charge on any atom is -0.457 e. The fourth-order valence-corrected chi connectivity index (χ4v) is 2.00. The lowest BCUT2D eigenvalue weighted by atomic mass is 10.1. The maximum absolute atomic E-state index is 10.5. The number of thioether (sulfide) groups is 1. The molecule has 0 saturated carbocycles. The highest BCUT2D eigenvalue weighted by Gasteiger charge is 2.05. The minimum absolute atomic E-state index is 0.497. The first kappa shape index (κ1) is 13.6. The van der Waals surface area contributed by atoms with E-state index in [-0.39, 0.29) is 0 Å². The SMILES string of the molecule is CSc1ccc(Oc2ccc(C(O)C=O)cc2)cc1. The highest BCUT2D eigenvalue weighted by Crippen LogP contribution is 2.25. The Morgan fingerprint density at radius 3 is 2.05 bits per heavy atom. The molecule has 2 rings (SSSR count). The second kappa shape index (κ2) is 6.41. The average Bonchev–Trinajstić information content (AvgIpc) is 2.48. The zero-order valence-corrected chi connectivity index (χ0v) is 11.3. The van der Waals surface area contributed by atoms with Crippen LogP contribution in [0.25, 0.3) is 0 Å². The highest BCUT2D eigenvalue weighted by atomic mass is 32.2. The number of benzene rings is 2. The normalized spacial score (nSPS) is 11.9. The molecule has 0 saturated heterocycles. The van der Waals surface area contributed by atoms with Gasteiger partial charge in [-0.05, 0) is 48.2 Å². The van der Waals surface area contributed by atoms with Crippen LogP contribution >= 0.6 is 11.8 Å². The van der Waals surface area contributed by atoms with Crippen molar-refractivity contribution in [2.75, 3.05) is 6.26 Å². The van der Waals surface area contributed by atoms with Crippen molar-refractivity contribution in [2.24, 2.45) is 0 Å². The van der Waals surface area contributed by atoms with E-state index >= 15 is 0 Å². The summed E-state index contributed by atoms with van der Waals surface area (Å²) in [7, 11) is 0. The molecule has 19 heavy (non-hydrogen) atoms. The Morgan fingerprint density at radius 1 is 1.05 bits per heavy atom.